The number of aliphatic hydroxyl groups is 1. The van der Waals surface area contributed by atoms with Crippen LogP contribution in [0.5, 0.6) is 0 Å². The SMILES string of the molecule is N#CC1(C(=O)N2CC[C@@H](O)C2)CCCCCC1. The van der Waals surface area contributed by atoms with E-state index in [2.05, 4.69) is 6.07 Å². The number of hydrogen-bond donors (Lipinski definition) is 1. The van der Waals surface area contributed by atoms with Crippen molar-refractivity contribution in [1.82, 2.24) is 4.90 Å². The first-order chi connectivity index (χ1) is 8.18. The Balaban J connectivity index is 2.11. The third-order valence-corrected chi connectivity index (χ3v) is 4.03. The summed E-state index contributed by atoms with van der Waals surface area (Å²) in [5, 5.41) is 18.9. The Morgan fingerprint density at radius 3 is 2.41 bits per heavy atom. The fourth-order valence-corrected chi connectivity index (χ4v) is 2.93. The maximum Gasteiger partial charge on any atom is 0.243 e. The van der Waals surface area contributed by atoms with E-state index in [1.165, 1.54) is 0 Å². The molecule has 0 radical (unpaired) electrons. The molecule has 17 heavy (non-hydrogen) atoms. The Labute approximate surface area is 102 Å². The number of hydrogen-bond acceptors (Lipinski definition) is 3. The Morgan fingerprint density at radius 2 is 1.94 bits per heavy atom. The molecule has 0 aromatic carbocycles. The van der Waals surface area contributed by atoms with Gasteiger partial charge in [-0.15, -0.1) is 0 Å². The molecular weight excluding hydrogens is 216 g/mol. The van der Waals surface area contributed by atoms with Crippen LogP contribution in [0, 0.1) is 16.7 Å². The molecule has 1 aliphatic heterocycles. The zero-order valence-corrected chi connectivity index (χ0v) is 10.2. The molecule has 2 rings (SSSR count). The van der Waals surface area contributed by atoms with Crippen molar-refractivity contribution in [3.8, 4) is 6.07 Å². The summed E-state index contributed by atoms with van der Waals surface area (Å²) in [6.07, 6.45) is 5.81. The molecule has 1 aliphatic carbocycles. The van der Waals surface area contributed by atoms with Gasteiger partial charge >= 0.3 is 0 Å². The zero-order chi connectivity index (χ0) is 12.3. The number of carbonyl (C=O) groups excluding carboxylic acids is 1. The highest BCUT2D eigenvalue weighted by atomic mass is 16.3. The average Bonchev–Trinajstić information content (AvgIpc) is 2.64. The number of nitriles is 1. The van der Waals surface area contributed by atoms with Crippen LogP contribution >= 0.6 is 0 Å². The van der Waals surface area contributed by atoms with Crippen molar-refractivity contribution in [2.75, 3.05) is 13.1 Å². The molecule has 0 aromatic heterocycles. The summed E-state index contributed by atoms with van der Waals surface area (Å²) in [7, 11) is 0. The van der Waals surface area contributed by atoms with Gasteiger partial charge in [0.05, 0.1) is 12.2 Å². The van der Waals surface area contributed by atoms with Gasteiger partial charge in [-0.2, -0.15) is 5.26 Å². The first kappa shape index (κ1) is 12.4. The van der Waals surface area contributed by atoms with Gasteiger partial charge in [0.15, 0.2) is 0 Å². The van der Waals surface area contributed by atoms with Crippen molar-refractivity contribution >= 4 is 5.91 Å². The summed E-state index contributed by atoms with van der Waals surface area (Å²) in [6.45, 7) is 1.01. The van der Waals surface area contributed by atoms with Crippen molar-refractivity contribution in [2.24, 2.45) is 5.41 Å². The standard InChI is InChI=1S/C13H20N2O2/c14-10-13(6-3-1-2-4-7-13)12(17)15-8-5-11(16)9-15/h11,16H,1-9H2/t11-/m1/s1. The maximum atomic E-state index is 12.4. The van der Waals surface area contributed by atoms with Gasteiger partial charge in [0.1, 0.15) is 5.41 Å². The van der Waals surface area contributed by atoms with Crippen LogP contribution in [0.25, 0.3) is 0 Å². The summed E-state index contributed by atoms with van der Waals surface area (Å²) < 4.78 is 0. The van der Waals surface area contributed by atoms with Crippen LogP contribution < -0.4 is 0 Å². The van der Waals surface area contributed by atoms with Crippen LogP contribution in [0.4, 0.5) is 0 Å². The molecule has 1 saturated carbocycles. The van der Waals surface area contributed by atoms with E-state index in [9.17, 15) is 15.2 Å². The molecule has 2 aliphatic rings. The van der Waals surface area contributed by atoms with E-state index in [-0.39, 0.29) is 5.91 Å². The van der Waals surface area contributed by atoms with E-state index >= 15 is 0 Å². The number of carbonyl (C=O) groups is 1. The minimum Gasteiger partial charge on any atom is -0.391 e. The van der Waals surface area contributed by atoms with E-state index in [0.717, 1.165) is 25.7 Å². The highest BCUT2D eigenvalue weighted by Gasteiger charge is 2.43. The largest absolute Gasteiger partial charge is 0.391 e. The molecule has 1 atom stereocenters. The second kappa shape index (κ2) is 5.05. The van der Waals surface area contributed by atoms with E-state index in [1.807, 2.05) is 0 Å². The molecule has 1 heterocycles. The monoisotopic (exact) mass is 236 g/mol. The molecule has 0 bridgehead atoms. The maximum absolute atomic E-state index is 12.4. The van der Waals surface area contributed by atoms with Crippen LogP contribution in [0.2, 0.25) is 0 Å². The van der Waals surface area contributed by atoms with Gasteiger partial charge < -0.3 is 10.0 Å². The van der Waals surface area contributed by atoms with Gasteiger partial charge in [0.2, 0.25) is 5.91 Å². The van der Waals surface area contributed by atoms with Gasteiger partial charge in [-0.3, -0.25) is 4.79 Å². The quantitative estimate of drug-likeness (QED) is 0.701. The van der Waals surface area contributed by atoms with Crippen molar-refractivity contribution < 1.29 is 9.90 Å². The topological polar surface area (TPSA) is 64.3 Å². The second-order valence-corrected chi connectivity index (χ2v) is 5.30. The summed E-state index contributed by atoms with van der Waals surface area (Å²) >= 11 is 0. The molecule has 0 spiro atoms. The number of rotatable bonds is 1. The lowest BCUT2D eigenvalue weighted by atomic mass is 9.80. The third-order valence-electron chi connectivity index (χ3n) is 4.03. The van der Waals surface area contributed by atoms with Crippen molar-refractivity contribution in [1.29, 1.82) is 5.26 Å². The third kappa shape index (κ3) is 2.44. The fraction of sp³-hybridized carbons (Fsp3) is 0.846. The first-order valence-corrected chi connectivity index (χ1v) is 6.57. The number of likely N-dealkylation sites (tertiary alicyclic amines) is 1. The number of amides is 1. The molecule has 2 fully saturated rings. The zero-order valence-electron chi connectivity index (χ0n) is 10.2. The highest BCUT2D eigenvalue weighted by Crippen LogP contribution is 2.37. The molecule has 1 N–H and O–H groups in total. The lowest BCUT2D eigenvalue weighted by molar-refractivity contribution is -0.139. The molecule has 1 saturated heterocycles. The Hall–Kier alpha value is -1.08. The highest BCUT2D eigenvalue weighted by molar-refractivity contribution is 5.85. The predicted octanol–water partition coefficient (Wildman–Crippen LogP) is 1.44. The first-order valence-electron chi connectivity index (χ1n) is 6.57. The van der Waals surface area contributed by atoms with Gasteiger partial charge in [0.25, 0.3) is 0 Å². The predicted molar refractivity (Wildman–Crippen MR) is 63.0 cm³/mol. The molecule has 0 aromatic rings. The second-order valence-electron chi connectivity index (χ2n) is 5.30. The van der Waals surface area contributed by atoms with Crippen LogP contribution in [0.15, 0.2) is 0 Å². The fourth-order valence-electron chi connectivity index (χ4n) is 2.93. The normalized spacial score (nSPS) is 28.5. The number of nitrogens with zero attached hydrogens (tertiary/aromatic N) is 2. The molecule has 0 unspecified atom stereocenters. The van der Waals surface area contributed by atoms with Crippen molar-refractivity contribution in [2.45, 2.75) is 51.0 Å². The van der Waals surface area contributed by atoms with Crippen LogP contribution in [0.3, 0.4) is 0 Å². The number of aliphatic hydroxyl groups excluding tert-OH is 1. The molecule has 4 nitrogen and oxygen atoms in total. The van der Waals surface area contributed by atoms with Crippen molar-refractivity contribution in [3.05, 3.63) is 0 Å². The number of β-amino-alcohol motifs (C(OH)–C–C–N with tert-alkyl or cyclic N) is 1. The molecule has 94 valence electrons. The van der Waals surface area contributed by atoms with Crippen LogP contribution in [0.1, 0.15) is 44.9 Å². The minimum atomic E-state index is -0.805. The summed E-state index contributed by atoms with van der Waals surface area (Å²) in [5.41, 5.74) is -0.805. The Morgan fingerprint density at radius 1 is 1.29 bits per heavy atom. The summed E-state index contributed by atoms with van der Waals surface area (Å²) in [5.74, 6) is -0.0431. The smallest absolute Gasteiger partial charge is 0.243 e. The molecule has 4 heteroatoms. The van der Waals surface area contributed by atoms with Crippen molar-refractivity contribution in [3.63, 3.8) is 0 Å². The van der Waals surface area contributed by atoms with Gasteiger partial charge in [-0.25, -0.2) is 0 Å². The van der Waals surface area contributed by atoms with Crippen LogP contribution in [-0.2, 0) is 4.79 Å². The Kier molecular flexibility index (Phi) is 3.68. The van der Waals surface area contributed by atoms with Gasteiger partial charge in [0, 0.05) is 13.1 Å². The average molecular weight is 236 g/mol. The van der Waals surface area contributed by atoms with Gasteiger partial charge in [-0.1, -0.05) is 25.7 Å². The molecule has 1 amide bonds. The minimum absolute atomic E-state index is 0.0431. The van der Waals surface area contributed by atoms with E-state index in [4.69, 9.17) is 0 Å². The van der Waals surface area contributed by atoms with E-state index < -0.39 is 11.5 Å². The lowest BCUT2D eigenvalue weighted by Crippen LogP contribution is -2.42. The van der Waals surface area contributed by atoms with Crippen LogP contribution in [-0.4, -0.2) is 35.1 Å². The lowest BCUT2D eigenvalue weighted by Gasteiger charge is -2.29. The summed E-state index contributed by atoms with van der Waals surface area (Å²) in [4.78, 5) is 14.1. The molecular formula is C13H20N2O2. The Bertz CT molecular complexity index is 327. The van der Waals surface area contributed by atoms with E-state index in [0.29, 0.717) is 32.4 Å². The van der Waals surface area contributed by atoms with Gasteiger partial charge in [-0.05, 0) is 19.3 Å². The summed E-state index contributed by atoms with van der Waals surface area (Å²) in [6, 6.07) is 2.28. The van der Waals surface area contributed by atoms with E-state index in [1.54, 1.807) is 4.90 Å².